The molecule has 1 amide bonds. The van der Waals surface area contributed by atoms with Crippen molar-refractivity contribution in [1.82, 2.24) is 15.8 Å². The number of aryl methyl sites for hydroxylation is 1. The third-order valence-electron chi connectivity index (χ3n) is 2.71. The molecule has 5 nitrogen and oxygen atoms in total. The summed E-state index contributed by atoms with van der Waals surface area (Å²) in [4.78, 5) is 11.7. The molecule has 2 heterocycles. The van der Waals surface area contributed by atoms with E-state index in [0.29, 0.717) is 17.2 Å². The average molecular weight is 209 g/mol. The Balaban J connectivity index is 1.84. The van der Waals surface area contributed by atoms with E-state index < -0.39 is 0 Å². The molecular formula is C10H15N3O2. The van der Waals surface area contributed by atoms with Crippen LogP contribution in [0.15, 0.2) is 10.7 Å². The SMILES string of the molecule is Cc1oncc1C(=O)NCC1CCNC1. The molecule has 1 saturated heterocycles. The van der Waals surface area contributed by atoms with E-state index in [2.05, 4.69) is 15.8 Å². The highest BCUT2D eigenvalue weighted by molar-refractivity contribution is 5.94. The van der Waals surface area contributed by atoms with Crippen LogP contribution in [0.2, 0.25) is 0 Å². The highest BCUT2D eigenvalue weighted by Crippen LogP contribution is 2.08. The molecule has 0 saturated carbocycles. The van der Waals surface area contributed by atoms with Gasteiger partial charge in [0.25, 0.3) is 5.91 Å². The maximum Gasteiger partial charge on any atom is 0.256 e. The van der Waals surface area contributed by atoms with Crippen LogP contribution in [0.3, 0.4) is 0 Å². The van der Waals surface area contributed by atoms with E-state index in [4.69, 9.17) is 4.52 Å². The van der Waals surface area contributed by atoms with Gasteiger partial charge in [0.1, 0.15) is 11.3 Å². The first-order chi connectivity index (χ1) is 7.27. The Bertz CT molecular complexity index is 342. The number of nitrogens with one attached hydrogen (secondary N) is 2. The zero-order valence-electron chi connectivity index (χ0n) is 8.75. The molecule has 15 heavy (non-hydrogen) atoms. The third kappa shape index (κ3) is 2.36. The van der Waals surface area contributed by atoms with Crippen molar-refractivity contribution in [2.24, 2.45) is 5.92 Å². The predicted octanol–water partition coefficient (Wildman–Crippen LogP) is 0.322. The fourth-order valence-corrected chi connectivity index (χ4v) is 1.74. The highest BCUT2D eigenvalue weighted by Gasteiger charge is 2.17. The van der Waals surface area contributed by atoms with Gasteiger partial charge in [-0.1, -0.05) is 5.16 Å². The molecule has 2 N–H and O–H groups in total. The molecule has 5 heteroatoms. The minimum atomic E-state index is -0.0966. The van der Waals surface area contributed by atoms with Crippen LogP contribution >= 0.6 is 0 Å². The maximum atomic E-state index is 11.7. The van der Waals surface area contributed by atoms with Gasteiger partial charge in [-0.25, -0.2) is 0 Å². The van der Waals surface area contributed by atoms with E-state index in [1.165, 1.54) is 6.20 Å². The van der Waals surface area contributed by atoms with Gasteiger partial charge < -0.3 is 15.2 Å². The van der Waals surface area contributed by atoms with Crippen LogP contribution in [0.4, 0.5) is 0 Å². The Morgan fingerprint density at radius 3 is 3.27 bits per heavy atom. The second-order valence-corrected chi connectivity index (χ2v) is 3.86. The van der Waals surface area contributed by atoms with E-state index in [1.807, 2.05) is 0 Å². The molecule has 1 aliphatic heterocycles. The molecule has 82 valence electrons. The summed E-state index contributed by atoms with van der Waals surface area (Å²) in [6.45, 7) is 4.49. The van der Waals surface area contributed by atoms with Gasteiger partial charge in [0.2, 0.25) is 0 Å². The predicted molar refractivity (Wildman–Crippen MR) is 54.5 cm³/mol. The van der Waals surface area contributed by atoms with Crippen LogP contribution in [0.5, 0.6) is 0 Å². The number of nitrogens with zero attached hydrogens (tertiary/aromatic N) is 1. The Hall–Kier alpha value is -1.36. The normalized spacial score (nSPS) is 20.5. The summed E-state index contributed by atoms with van der Waals surface area (Å²) < 4.78 is 4.83. The van der Waals surface area contributed by atoms with E-state index in [9.17, 15) is 4.79 Å². The Labute approximate surface area is 88.2 Å². The van der Waals surface area contributed by atoms with Crippen LogP contribution in [-0.4, -0.2) is 30.7 Å². The lowest BCUT2D eigenvalue weighted by atomic mass is 10.1. The molecule has 2 rings (SSSR count). The molecule has 0 spiro atoms. The summed E-state index contributed by atoms with van der Waals surface area (Å²) in [6.07, 6.45) is 2.58. The highest BCUT2D eigenvalue weighted by atomic mass is 16.5. The second kappa shape index (κ2) is 4.44. The van der Waals surface area contributed by atoms with Crippen molar-refractivity contribution < 1.29 is 9.32 Å². The molecule has 0 aliphatic carbocycles. The molecule has 0 radical (unpaired) electrons. The maximum absolute atomic E-state index is 11.7. The molecule has 1 fully saturated rings. The second-order valence-electron chi connectivity index (χ2n) is 3.86. The first kappa shape index (κ1) is 10.2. The van der Waals surface area contributed by atoms with E-state index in [-0.39, 0.29) is 5.91 Å². The third-order valence-corrected chi connectivity index (χ3v) is 2.71. The molecular weight excluding hydrogens is 194 g/mol. The summed E-state index contributed by atoms with van der Waals surface area (Å²) in [5, 5.41) is 9.72. The zero-order chi connectivity index (χ0) is 10.7. The molecule has 1 aliphatic rings. The van der Waals surface area contributed by atoms with Crippen molar-refractivity contribution in [3.63, 3.8) is 0 Å². The van der Waals surface area contributed by atoms with Crippen LogP contribution in [-0.2, 0) is 0 Å². The summed E-state index contributed by atoms with van der Waals surface area (Å²) >= 11 is 0. The summed E-state index contributed by atoms with van der Waals surface area (Å²) in [6, 6.07) is 0. The van der Waals surface area contributed by atoms with Crippen molar-refractivity contribution in [2.75, 3.05) is 19.6 Å². The number of aromatic nitrogens is 1. The lowest BCUT2D eigenvalue weighted by Gasteiger charge is -2.08. The zero-order valence-corrected chi connectivity index (χ0v) is 8.75. The van der Waals surface area contributed by atoms with Gasteiger partial charge in [-0.05, 0) is 32.4 Å². The number of rotatable bonds is 3. The van der Waals surface area contributed by atoms with Crippen LogP contribution in [0.1, 0.15) is 22.5 Å². The Morgan fingerprint density at radius 2 is 2.67 bits per heavy atom. The summed E-state index contributed by atoms with van der Waals surface area (Å²) in [7, 11) is 0. The van der Waals surface area contributed by atoms with Crippen molar-refractivity contribution in [2.45, 2.75) is 13.3 Å². The largest absolute Gasteiger partial charge is 0.361 e. The van der Waals surface area contributed by atoms with Gasteiger partial charge in [-0.3, -0.25) is 4.79 Å². The molecule has 1 atom stereocenters. The van der Waals surface area contributed by atoms with Crippen LogP contribution in [0, 0.1) is 12.8 Å². The van der Waals surface area contributed by atoms with Crippen molar-refractivity contribution >= 4 is 5.91 Å². The van der Waals surface area contributed by atoms with Crippen LogP contribution < -0.4 is 10.6 Å². The number of hydrogen-bond acceptors (Lipinski definition) is 4. The van der Waals surface area contributed by atoms with Gasteiger partial charge >= 0.3 is 0 Å². The van der Waals surface area contributed by atoms with Gasteiger partial charge in [0.15, 0.2) is 0 Å². The van der Waals surface area contributed by atoms with Crippen molar-refractivity contribution in [1.29, 1.82) is 0 Å². The standard InChI is InChI=1S/C10H15N3O2/c1-7-9(6-13-15-7)10(14)12-5-8-2-3-11-4-8/h6,8,11H,2-5H2,1H3,(H,12,14). The van der Waals surface area contributed by atoms with Gasteiger partial charge in [-0.2, -0.15) is 0 Å². The quantitative estimate of drug-likeness (QED) is 0.752. The molecule has 1 aromatic heterocycles. The topological polar surface area (TPSA) is 67.2 Å². The number of amides is 1. The van der Waals surface area contributed by atoms with Gasteiger partial charge in [0, 0.05) is 6.54 Å². The average Bonchev–Trinajstić information content (AvgIpc) is 2.84. The Morgan fingerprint density at radius 1 is 1.80 bits per heavy atom. The molecule has 1 aromatic rings. The summed E-state index contributed by atoms with van der Waals surface area (Å²) in [5.41, 5.74) is 0.529. The number of hydrogen-bond donors (Lipinski definition) is 2. The van der Waals surface area contributed by atoms with Crippen molar-refractivity contribution in [3.05, 3.63) is 17.5 Å². The number of carbonyl (C=O) groups is 1. The van der Waals surface area contributed by atoms with Crippen molar-refractivity contribution in [3.8, 4) is 0 Å². The minimum absolute atomic E-state index is 0.0966. The fourth-order valence-electron chi connectivity index (χ4n) is 1.74. The molecule has 1 unspecified atom stereocenters. The monoisotopic (exact) mass is 209 g/mol. The van der Waals surface area contributed by atoms with Crippen LogP contribution in [0.25, 0.3) is 0 Å². The fraction of sp³-hybridized carbons (Fsp3) is 0.600. The summed E-state index contributed by atoms with van der Waals surface area (Å²) in [5.74, 6) is 1.02. The first-order valence-corrected chi connectivity index (χ1v) is 5.17. The number of carbonyl (C=O) groups excluding carboxylic acids is 1. The first-order valence-electron chi connectivity index (χ1n) is 5.17. The molecule has 0 bridgehead atoms. The van der Waals surface area contributed by atoms with Gasteiger partial charge in [0.05, 0.1) is 6.20 Å². The van der Waals surface area contributed by atoms with Gasteiger partial charge in [-0.15, -0.1) is 0 Å². The smallest absolute Gasteiger partial charge is 0.256 e. The van der Waals surface area contributed by atoms with E-state index in [1.54, 1.807) is 6.92 Å². The Kier molecular flexibility index (Phi) is 3.01. The minimum Gasteiger partial charge on any atom is -0.361 e. The van der Waals surface area contributed by atoms with E-state index in [0.717, 1.165) is 26.1 Å². The molecule has 0 aromatic carbocycles. The van der Waals surface area contributed by atoms with E-state index >= 15 is 0 Å². The lowest BCUT2D eigenvalue weighted by molar-refractivity contribution is 0.0946. The lowest BCUT2D eigenvalue weighted by Crippen LogP contribution is -2.30.